The highest BCUT2D eigenvalue weighted by molar-refractivity contribution is 5.69. The lowest BCUT2D eigenvalue weighted by atomic mass is 10.0. The first-order chi connectivity index (χ1) is 21.7. The normalized spacial score (nSPS) is 12.2. The summed E-state index contributed by atoms with van der Waals surface area (Å²) in [7, 11) is 0. The smallest absolute Gasteiger partial charge is 0.306 e. The number of carbonyl (C=O) groups is 1. The van der Waals surface area contributed by atoms with E-state index < -0.39 is 0 Å². The van der Waals surface area contributed by atoms with E-state index in [9.17, 15) is 4.79 Å². The van der Waals surface area contributed by atoms with Gasteiger partial charge >= 0.3 is 5.97 Å². The molecule has 0 aromatic carbocycles. The van der Waals surface area contributed by atoms with E-state index in [-0.39, 0.29) is 12.1 Å². The molecule has 0 saturated carbocycles. The second kappa shape index (κ2) is 38.7. The van der Waals surface area contributed by atoms with Gasteiger partial charge in [-0.1, -0.05) is 220 Å². The maximum Gasteiger partial charge on any atom is 0.306 e. The highest BCUT2D eigenvalue weighted by Gasteiger charge is 2.14. The summed E-state index contributed by atoms with van der Waals surface area (Å²) >= 11 is 0. The van der Waals surface area contributed by atoms with Gasteiger partial charge in [-0.2, -0.15) is 0 Å². The SMILES string of the molecule is CCCCCCCCCCCCCCCCCCCCCC(=O)OC(CCCCCCCC)CCCCCCCCCCC. The first-order valence-corrected chi connectivity index (χ1v) is 20.9. The Morgan fingerprint density at radius 1 is 0.341 bits per heavy atom. The van der Waals surface area contributed by atoms with Crippen molar-refractivity contribution in [2.45, 2.75) is 264 Å². The van der Waals surface area contributed by atoms with E-state index in [0.29, 0.717) is 6.42 Å². The van der Waals surface area contributed by atoms with Gasteiger partial charge in [0.15, 0.2) is 0 Å². The van der Waals surface area contributed by atoms with E-state index in [0.717, 1.165) is 19.3 Å². The predicted molar refractivity (Wildman–Crippen MR) is 198 cm³/mol. The van der Waals surface area contributed by atoms with Crippen LogP contribution in [0.5, 0.6) is 0 Å². The van der Waals surface area contributed by atoms with Gasteiger partial charge in [0.05, 0.1) is 0 Å². The van der Waals surface area contributed by atoms with Crippen LogP contribution in [0.2, 0.25) is 0 Å². The molecule has 0 bridgehead atoms. The Morgan fingerprint density at radius 2 is 0.568 bits per heavy atom. The molecule has 0 rings (SSSR count). The van der Waals surface area contributed by atoms with Gasteiger partial charge in [-0.3, -0.25) is 4.79 Å². The third-order valence-electron chi connectivity index (χ3n) is 9.79. The van der Waals surface area contributed by atoms with Gasteiger partial charge < -0.3 is 4.74 Å². The molecule has 264 valence electrons. The standard InChI is InChI=1S/C42H84O2/c1-4-7-10-13-16-18-19-20-21-22-23-24-25-26-27-29-31-34-37-40-42(43)44-41(38-35-32-15-12-9-6-3)39-36-33-30-28-17-14-11-8-5-2/h41H,4-40H2,1-3H3. The molecule has 0 radical (unpaired) electrons. The topological polar surface area (TPSA) is 26.3 Å². The van der Waals surface area contributed by atoms with E-state index in [4.69, 9.17) is 4.74 Å². The summed E-state index contributed by atoms with van der Waals surface area (Å²) in [5.41, 5.74) is 0. The van der Waals surface area contributed by atoms with Crippen LogP contribution in [0.4, 0.5) is 0 Å². The van der Waals surface area contributed by atoms with Gasteiger partial charge in [-0.05, 0) is 32.1 Å². The summed E-state index contributed by atoms with van der Waals surface area (Å²) in [6, 6.07) is 0. The molecule has 0 aromatic rings. The maximum absolute atomic E-state index is 12.6. The van der Waals surface area contributed by atoms with Crippen molar-refractivity contribution < 1.29 is 9.53 Å². The van der Waals surface area contributed by atoms with Crippen LogP contribution in [0.3, 0.4) is 0 Å². The molecule has 0 fully saturated rings. The Kier molecular flexibility index (Phi) is 38.2. The fourth-order valence-electron chi connectivity index (χ4n) is 6.69. The fourth-order valence-corrected chi connectivity index (χ4v) is 6.69. The summed E-state index contributed by atoms with van der Waals surface area (Å²) in [6.07, 6.45) is 49.4. The highest BCUT2D eigenvalue weighted by Crippen LogP contribution is 2.19. The molecule has 0 aliphatic rings. The van der Waals surface area contributed by atoms with Crippen molar-refractivity contribution in [2.24, 2.45) is 0 Å². The van der Waals surface area contributed by atoms with Crippen LogP contribution in [-0.4, -0.2) is 12.1 Å². The van der Waals surface area contributed by atoms with Gasteiger partial charge in [-0.25, -0.2) is 0 Å². The van der Waals surface area contributed by atoms with Gasteiger partial charge in [0, 0.05) is 6.42 Å². The predicted octanol–water partition coefficient (Wildman–Crippen LogP) is 15.4. The van der Waals surface area contributed by atoms with Crippen LogP contribution in [0, 0.1) is 0 Å². The summed E-state index contributed by atoms with van der Waals surface area (Å²) in [6.45, 7) is 6.87. The van der Waals surface area contributed by atoms with Gasteiger partial charge in [0.25, 0.3) is 0 Å². The molecule has 0 amide bonds. The summed E-state index contributed by atoms with van der Waals surface area (Å²) < 4.78 is 6.05. The Balaban J connectivity index is 3.75. The number of rotatable bonds is 38. The van der Waals surface area contributed by atoms with E-state index >= 15 is 0 Å². The molecule has 0 aliphatic heterocycles. The third kappa shape index (κ3) is 35.9. The quantitative estimate of drug-likeness (QED) is 0.0507. The van der Waals surface area contributed by atoms with Crippen LogP contribution in [0.1, 0.15) is 258 Å². The van der Waals surface area contributed by atoms with Crippen molar-refractivity contribution >= 4 is 5.97 Å². The van der Waals surface area contributed by atoms with Crippen molar-refractivity contribution in [2.75, 3.05) is 0 Å². The zero-order valence-electron chi connectivity index (χ0n) is 31.1. The molecule has 0 aliphatic carbocycles. The number of carbonyl (C=O) groups excluding carboxylic acids is 1. The lowest BCUT2D eigenvalue weighted by Gasteiger charge is -2.18. The number of unbranched alkanes of at least 4 members (excludes halogenated alkanes) is 31. The molecular formula is C42H84O2. The Labute approximate surface area is 279 Å². The number of hydrogen-bond donors (Lipinski definition) is 0. The Morgan fingerprint density at radius 3 is 0.841 bits per heavy atom. The van der Waals surface area contributed by atoms with Crippen LogP contribution < -0.4 is 0 Å². The molecule has 2 nitrogen and oxygen atoms in total. The minimum Gasteiger partial charge on any atom is -0.462 e. The molecule has 0 saturated heterocycles. The average Bonchev–Trinajstić information content (AvgIpc) is 3.02. The molecular weight excluding hydrogens is 536 g/mol. The van der Waals surface area contributed by atoms with Crippen molar-refractivity contribution in [3.05, 3.63) is 0 Å². The van der Waals surface area contributed by atoms with E-state index in [1.54, 1.807) is 0 Å². The molecule has 0 aromatic heterocycles. The molecule has 0 N–H and O–H groups in total. The first kappa shape index (κ1) is 43.5. The van der Waals surface area contributed by atoms with Crippen molar-refractivity contribution in [1.29, 1.82) is 0 Å². The van der Waals surface area contributed by atoms with Crippen LogP contribution in [0.15, 0.2) is 0 Å². The van der Waals surface area contributed by atoms with Crippen LogP contribution in [0.25, 0.3) is 0 Å². The first-order valence-electron chi connectivity index (χ1n) is 20.9. The minimum atomic E-state index is 0.0730. The molecule has 0 spiro atoms. The van der Waals surface area contributed by atoms with Crippen molar-refractivity contribution in [1.82, 2.24) is 0 Å². The zero-order chi connectivity index (χ0) is 32.0. The number of hydrogen-bond acceptors (Lipinski definition) is 2. The van der Waals surface area contributed by atoms with E-state index in [2.05, 4.69) is 20.8 Å². The molecule has 1 atom stereocenters. The maximum atomic E-state index is 12.6. The van der Waals surface area contributed by atoms with E-state index in [1.807, 2.05) is 0 Å². The number of esters is 1. The largest absolute Gasteiger partial charge is 0.462 e. The van der Waals surface area contributed by atoms with Gasteiger partial charge in [-0.15, -0.1) is 0 Å². The zero-order valence-corrected chi connectivity index (χ0v) is 31.1. The second-order valence-corrected chi connectivity index (χ2v) is 14.4. The monoisotopic (exact) mass is 621 g/mol. The Bertz CT molecular complexity index is 530. The third-order valence-corrected chi connectivity index (χ3v) is 9.79. The molecule has 1 unspecified atom stereocenters. The summed E-state index contributed by atoms with van der Waals surface area (Å²) in [5, 5.41) is 0. The Hall–Kier alpha value is -0.530. The molecule has 44 heavy (non-hydrogen) atoms. The summed E-state index contributed by atoms with van der Waals surface area (Å²) in [4.78, 5) is 12.6. The minimum absolute atomic E-state index is 0.0730. The fraction of sp³-hybridized carbons (Fsp3) is 0.976. The van der Waals surface area contributed by atoms with Crippen LogP contribution >= 0.6 is 0 Å². The number of ether oxygens (including phenoxy) is 1. The molecule has 2 heteroatoms. The van der Waals surface area contributed by atoms with Gasteiger partial charge in [0.1, 0.15) is 6.10 Å². The highest BCUT2D eigenvalue weighted by atomic mass is 16.5. The second-order valence-electron chi connectivity index (χ2n) is 14.4. The molecule has 0 heterocycles. The van der Waals surface area contributed by atoms with Gasteiger partial charge in [0.2, 0.25) is 0 Å². The van der Waals surface area contributed by atoms with Crippen molar-refractivity contribution in [3.63, 3.8) is 0 Å². The lowest BCUT2D eigenvalue weighted by Crippen LogP contribution is -2.18. The average molecular weight is 621 g/mol. The van der Waals surface area contributed by atoms with E-state index in [1.165, 1.54) is 212 Å². The lowest BCUT2D eigenvalue weighted by molar-refractivity contribution is -0.150. The summed E-state index contributed by atoms with van der Waals surface area (Å²) in [5.74, 6) is 0.0730. The van der Waals surface area contributed by atoms with Crippen LogP contribution in [-0.2, 0) is 9.53 Å². The van der Waals surface area contributed by atoms with Crippen molar-refractivity contribution in [3.8, 4) is 0 Å².